The van der Waals surface area contributed by atoms with Gasteiger partial charge in [-0.1, -0.05) is 51.2 Å². The molecule has 0 heterocycles. The van der Waals surface area contributed by atoms with Crippen LogP contribution in [0.4, 0.5) is 11.4 Å². The van der Waals surface area contributed by atoms with E-state index in [1.807, 2.05) is 36.4 Å². The monoisotopic (exact) mass is 354 g/mol. The molecule has 0 amide bonds. The van der Waals surface area contributed by atoms with Gasteiger partial charge in [0.25, 0.3) is 0 Å². The SMILES string of the molecule is CCCCCCCCc1ccc(N=Nc2ccc(OCCO)cc2)cc1. The molecule has 0 aliphatic rings. The smallest absolute Gasteiger partial charge is 0.119 e. The number of ether oxygens (including phenoxy) is 1. The van der Waals surface area contributed by atoms with E-state index in [0.717, 1.165) is 23.5 Å². The van der Waals surface area contributed by atoms with Crippen LogP contribution in [0.15, 0.2) is 58.8 Å². The number of aliphatic hydroxyl groups excluding tert-OH is 1. The van der Waals surface area contributed by atoms with Gasteiger partial charge in [-0.15, -0.1) is 0 Å². The zero-order valence-corrected chi connectivity index (χ0v) is 15.7. The van der Waals surface area contributed by atoms with Crippen LogP contribution in [-0.4, -0.2) is 18.3 Å². The van der Waals surface area contributed by atoms with Crippen molar-refractivity contribution in [1.82, 2.24) is 0 Å². The highest BCUT2D eigenvalue weighted by atomic mass is 16.5. The van der Waals surface area contributed by atoms with Crippen molar-refractivity contribution >= 4 is 11.4 Å². The minimum atomic E-state index is 0.0102. The lowest BCUT2D eigenvalue weighted by Gasteiger charge is -2.03. The topological polar surface area (TPSA) is 54.2 Å². The number of aliphatic hydroxyl groups is 1. The molecule has 0 atom stereocenters. The van der Waals surface area contributed by atoms with Gasteiger partial charge in [0.2, 0.25) is 0 Å². The van der Waals surface area contributed by atoms with E-state index in [2.05, 4.69) is 29.3 Å². The summed E-state index contributed by atoms with van der Waals surface area (Å²) in [4.78, 5) is 0. The molecule has 4 heteroatoms. The van der Waals surface area contributed by atoms with E-state index in [4.69, 9.17) is 9.84 Å². The van der Waals surface area contributed by atoms with E-state index in [1.165, 1.54) is 44.1 Å². The number of aryl methyl sites for hydroxylation is 1. The van der Waals surface area contributed by atoms with Crippen LogP contribution in [0.1, 0.15) is 51.0 Å². The molecule has 0 aromatic heterocycles. The average Bonchev–Trinajstić information content (AvgIpc) is 2.69. The minimum absolute atomic E-state index is 0.0102. The van der Waals surface area contributed by atoms with Gasteiger partial charge >= 0.3 is 0 Å². The van der Waals surface area contributed by atoms with Crippen LogP contribution in [-0.2, 0) is 6.42 Å². The largest absolute Gasteiger partial charge is 0.491 e. The van der Waals surface area contributed by atoms with E-state index < -0.39 is 0 Å². The summed E-state index contributed by atoms with van der Waals surface area (Å²) < 4.78 is 5.32. The Morgan fingerprint density at radius 2 is 1.35 bits per heavy atom. The number of azo groups is 1. The van der Waals surface area contributed by atoms with Gasteiger partial charge < -0.3 is 9.84 Å². The van der Waals surface area contributed by atoms with Crippen molar-refractivity contribution in [3.8, 4) is 5.75 Å². The average molecular weight is 354 g/mol. The number of nitrogens with zero attached hydrogens (tertiary/aromatic N) is 2. The Labute approximate surface area is 156 Å². The predicted molar refractivity (Wildman–Crippen MR) is 107 cm³/mol. The quantitative estimate of drug-likeness (QED) is 0.355. The van der Waals surface area contributed by atoms with Crippen LogP contribution in [0.2, 0.25) is 0 Å². The fourth-order valence-corrected chi connectivity index (χ4v) is 2.73. The Bertz CT molecular complexity index is 636. The molecule has 0 spiro atoms. The molecule has 0 fully saturated rings. The molecule has 2 aromatic rings. The van der Waals surface area contributed by atoms with Gasteiger partial charge in [-0.2, -0.15) is 10.2 Å². The van der Waals surface area contributed by atoms with E-state index in [9.17, 15) is 0 Å². The molecule has 0 bridgehead atoms. The molecule has 4 nitrogen and oxygen atoms in total. The van der Waals surface area contributed by atoms with Crippen molar-refractivity contribution in [2.45, 2.75) is 51.9 Å². The van der Waals surface area contributed by atoms with Crippen LogP contribution in [0.5, 0.6) is 5.75 Å². The molecule has 2 rings (SSSR count). The molecule has 2 aromatic carbocycles. The van der Waals surface area contributed by atoms with Gasteiger partial charge in [-0.05, 0) is 54.8 Å². The van der Waals surface area contributed by atoms with Gasteiger partial charge in [-0.3, -0.25) is 0 Å². The van der Waals surface area contributed by atoms with E-state index in [1.54, 1.807) is 0 Å². The number of rotatable bonds is 12. The second kappa shape index (κ2) is 12.2. The zero-order chi connectivity index (χ0) is 18.5. The van der Waals surface area contributed by atoms with E-state index >= 15 is 0 Å². The molecule has 0 aliphatic heterocycles. The van der Waals surface area contributed by atoms with Gasteiger partial charge in [0.15, 0.2) is 0 Å². The summed E-state index contributed by atoms with van der Waals surface area (Å²) in [6.07, 6.45) is 9.09. The lowest BCUT2D eigenvalue weighted by molar-refractivity contribution is 0.201. The molecule has 1 N–H and O–H groups in total. The second-order valence-corrected chi connectivity index (χ2v) is 6.45. The Morgan fingerprint density at radius 1 is 0.769 bits per heavy atom. The molecule has 0 saturated heterocycles. The molecule has 0 saturated carbocycles. The summed E-state index contributed by atoms with van der Waals surface area (Å²) in [5, 5.41) is 17.3. The summed E-state index contributed by atoms with van der Waals surface area (Å²) in [5.74, 6) is 0.719. The van der Waals surface area contributed by atoms with Gasteiger partial charge in [0, 0.05) is 0 Å². The number of unbranched alkanes of at least 4 members (excludes halogenated alkanes) is 5. The molecule has 0 aliphatic carbocycles. The maximum absolute atomic E-state index is 8.74. The normalized spacial score (nSPS) is 11.2. The Morgan fingerprint density at radius 3 is 1.96 bits per heavy atom. The van der Waals surface area contributed by atoms with Crippen molar-refractivity contribution < 1.29 is 9.84 Å². The van der Waals surface area contributed by atoms with E-state index in [0.29, 0.717) is 6.61 Å². The van der Waals surface area contributed by atoms with Crippen LogP contribution in [0.3, 0.4) is 0 Å². The van der Waals surface area contributed by atoms with Crippen molar-refractivity contribution in [1.29, 1.82) is 0 Å². The van der Waals surface area contributed by atoms with Gasteiger partial charge in [0.1, 0.15) is 12.4 Å². The van der Waals surface area contributed by atoms with Crippen LogP contribution < -0.4 is 4.74 Å². The number of hydrogen-bond donors (Lipinski definition) is 1. The lowest BCUT2D eigenvalue weighted by Crippen LogP contribution is -2.00. The maximum atomic E-state index is 8.74. The summed E-state index contributed by atoms with van der Waals surface area (Å²) in [6, 6.07) is 15.7. The molecule has 26 heavy (non-hydrogen) atoms. The van der Waals surface area contributed by atoms with E-state index in [-0.39, 0.29) is 6.61 Å². The first kappa shape index (κ1) is 20.1. The predicted octanol–water partition coefficient (Wildman–Crippen LogP) is 6.38. The zero-order valence-electron chi connectivity index (χ0n) is 15.7. The fourth-order valence-electron chi connectivity index (χ4n) is 2.73. The highest BCUT2D eigenvalue weighted by Gasteiger charge is 1.97. The second-order valence-electron chi connectivity index (χ2n) is 6.45. The Balaban J connectivity index is 1.76. The van der Waals surface area contributed by atoms with Gasteiger partial charge in [-0.25, -0.2) is 0 Å². The van der Waals surface area contributed by atoms with Crippen molar-refractivity contribution in [2.75, 3.05) is 13.2 Å². The first-order valence-electron chi connectivity index (χ1n) is 9.66. The molecule has 0 unspecified atom stereocenters. The first-order valence-corrected chi connectivity index (χ1v) is 9.66. The molecular formula is C22H30N2O2. The number of hydrogen-bond acceptors (Lipinski definition) is 4. The van der Waals surface area contributed by atoms with Crippen LogP contribution >= 0.6 is 0 Å². The van der Waals surface area contributed by atoms with Crippen LogP contribution in [0, 0.1) is 0 Å². The third-order valence-electron chi connectivity index (χ3n) is 4.23. The molecule has 140 valence electrons. The third-order valence-corrected chi connectivity index (χ3v) is 4.23. The Hall–Kier alpha value is -2.20. The highest BCUT2D eigenvalue weighted by molar-refractivity contribution is 5.43. The van der Waals surface area contributed by atoms with Crippen molar-refractivity contribution in [2.24, 2.45) is 10.2 Å². The highest BCUT2D eigenvalue weighted by Crippen LogP contribution is 2.22. The lowest BCUT2D eigenvalue weighted by atomic mass is 10.0. The van der Waals surface area contributed by atoms with Crippen molar-refractivity contribution in [3.05, 3.63) is 54.1 Å². The van der Waals surface area contributed by atoms with Crippen molar-refractivity contribution in [3.63, 3.8) is 0 Å². The molecular weight excluding hydrogens is 324 g/mol. The third kappa shape index (κ3) is 7.79. The number of benzene rings is 2. The summed E-state index contributed by atoms with van der Waals surface area (Å²) >= 11 is 0. The summed E-state index contributed by atoms with van der Waals surface area (Å²) in [5.41, 5.74) is 3.00. The van der Waals surface area contributed by atoms with Gasteiger partial charge in [0.05, 0.1) is 18.0 Å². The maximum Gasteiger partial charge on any atom is 0.119 e. The van der Waals surface area contributed by atoms with Crippen LogP contribution in [0.25, 0.3) is 0 Å². The summed E-state index contributed by atoms with van der Waals surface area (Å²) in [7, 11) is 0. The Kier molecular flexibility index (Phi) is 9.44. The summed E-state index contributed by atoms with van der Waals surface area (Å²) in [6.45, 7) is 2.56. The minimum Gasteiger partial charge on any atom is -0.491 e. The molecule has 0 radical (unpaired) electrons. The fraction of sp³-hybridized carbons (Fsp3) is 0.455. The standard InChI is InChI=1S/C22H30N2O2/c1-2-3-4-5-6-7-8-19-9-11-20(12-10-19)23-24-21-13-15-22(16-14-21)26-18-17-25/h9-16,25H,2-8,17-18H2,1H3. The first-order chi connectivity index (χ1) is 12.8.